The van der Waals surface area contributed by atoms with Gasteiger partial charge in [-0.05, 0) is 31.0 Å². The maximum atomic E-state index is 13.8. The molecule has 0 saturated carbocycles. The number of hydrogen-bond donors (Lipinski definition) is 4. The molecule has 0 amide bonds. The van der Waals surface area contributed by atoms with Gasteiger partial charge in [0.2, 0.25) is 10.0 Å². The van der Waals surface area contributed by atoms with Crippen LogP contribution in [0.4, 0.5) is 10.1 Å². The minimum Gasteiger partial charge on any atom is -0.398 e. The summed E-state index contributed by atoms with van der Waals surface area (Å²) < 4.78 is 40.3. The van der Waals surface area contributed by atoms with E-state index in [0.717, 1.165) is 12.1 Å². The largest absolute Gasteiger partial charge is 0.398 e. The van der Waals surface area contributed by atoms with Gasteiger partial charge < -0.3 is 15.9 Å². The summed E-state index contributed by atoms with van der Waals surface area (Å²) in [5.74, 6) is -0.940. The maximum Gasteiger partial charge on any atom is 0.244 e. The van der Waals surface area contributed by atoms with E-state index in [0.29, 0.717) is 5.56 Å². The van der Waals surface area contributed by atoms with Gasteiger partial charge in [-0.25, -0.2) is 17.5 Å². The van der Waals surface area contributed by atoms with E-state index in [1.165, 1.54) is 0 Å². The summed E-state index contributed by atoms with van der Waals surface area (Å²) in [6.45, 7) is 1.93. The zero-order chi connectivity index (χ0) is 15.6. The fourth-order valence-corrected chi connectivity index (χ4v) is 3.18. The van der Waals surface area contributed by atoms with Crippen LogP contribution in [0.3, 0.4) is 0 Å². The van der Waals surface area contributed by atoms with Crippen molar-refractivity contribution in [3.63, 3.8) is 0 Å². The molecular weight excluding hydrogens is 287 g/mol. The lowest BCUT2D eigenvalue weighted by Gasteiger charge is -2.29. The van der Waals surface area contributed by atoms with Gasteiger partial charge in [0.05, 0.1) is 18.8 Å². The molecule has 8 heteroatoms. The van der Waals surface area contributed by atoms with Crippen molar-refractivity contribution in [3.05, 3.63) is 23.5 Å². The first-order chi connectivity index (χ1) is 9.21. The third-order valence-corrected chi connectivity index (χ3v) is 4.84. The van der Waals surface area contributed by atoms with Gasteiger partial charge >= 0.3 is 0 Å². The molecule has 114 valence electrons. The molecule has 0 fully saturated rings. The highest BCUT2D eigenvalue weighted by molar-refractivity contribution is 7.89. The third-order valence-electron chi connectivity index (χ3n) is 3.24. The number of aliphatic hydroxyl groups is 2. The Morgan fingerprint density at radius 2 is 1.90 bits per heavy atom. The standard InChI is InChI=1S/C12H19FN2O4S/c1-3-12(6-16,7-17)15-20(18,19)11-5-10(14)8(2)4-9(11)13/h4-5,15-17H,3,6-7,14H2,1-2H3. The average molecular weight is 306 g/mol. The molecule has 0 atom stereocenters. The summed E-state index contributed by atoms with van der Waals surface area (Å²) in [5.41, 5.74) is 4.71. The molecule has 0 aliphatic heterocycles. The van der Waals surface area contributed by atoms with Crippen molar-refractivity contribution in [2.45, 2.75) is 30.7 Å². The third kappa shape index (κ3) is 3.26. The van der Waals surface area contributed by atoms with Crippen molar-refractivity contribution in [2.75, 3.05) is 18.9 Å². The molecule has 0 spiro atoms. The Morgan fingerprint density at radius 1 is 1.35 bits per heavy atom. The lowest BCUT2D eigenvalue weighted by atomic mass is 10.0. The van der Waals surface area contributed by atoms with E-state index in [1.54, 1.807) is 13.8 Å². The molecule has 0 heterocycles. The van der Waals surface area contributed by atoms with E-state index in [4.69, 9.17) is 5.73 Å². The first kappa shape index (κ1) is 16.8. The molecule has 1 rings (SSSR count). The minimum absolute atomic E-state index is 0.141. The number of anilines is 1. The number of nitrogen functional groups attached to an aromatic ring is 1. The van der Waals surface area contributed by atoms with E-state index in [-0.39, 0.29) is 12.1 Å². The monoisotopic (exact) mass is 306 g/mol. The summed E-state index contributed by atoms with van der Waals surface area (Å²) >= 11 is 0. The van der Waals surface area contributed by atoms with Gasteiger partial charge in [-0.2, -0.15) is 0 Å². The second kappa shape index (κ2) is 6.04. The second-order valence-corrected chi connectivity index (χ2v) is 6.35. The molecule has 1 aromatic rings. The van der Waals surface area contributed by atoms with Gasteiger partial charge in [-0.3, -0.25) is 0 Å². The molecular formula is C12H19FN2O4S. The molecule has 20 heavy (non-hydrogen) atoms. The Bertz CT molecular complexity index is 577. The lowest BCUT2D eigenvalue weighted by Crippen LogP contribution is -2.53. The topological polar surface area (TPSA) is 113 Å². The highest BCUT2D eigenvalue weighted by Crippen LogP contribution is 2.23. The zero-order valence-electron chi connectivity index (χ0n) is 11.4. The smallest absolute Gasteiger partial charge is 0.244 e. The minimum atomic E-state index is -4.25. The van der Waals surface area contributed by atoms with Crippen LogP contribution in [0, 0.1) is 12.7 Å². The number of rotatable bonds is 6. The van der Waals surface area contributed by atoms with Crippen LogP contribution in [0.2, 0.25) is 0 Å². The van der Waals surface area contributed by atoms with Crippen LogP contribution in [-0.2, 0) is 10.0 Å². The molecule has 0 saturated heterocycles. The highest BCUT2D eigenvalue weighted by atomic mass is 32.2. The van der Waals surface area contributed by atoms with Crippen LogP contribution in [0.5, 0.6) is 0 Å². The van der Waals surface area contributed by atoms with E-state index in [2.05, 4.69) is 4.72 Å². The van der Waals surface area contributed by atoms with Crippen LogP contribution >= 0.6 is 0 Å². The number of aryl methyl sites for hydroxylation is 1. The fraction of sp³-hybridized carbons (Fsp3) is 0.500. The molecule has 1 aromatic carbocycles. The first-order valence-electron chi connectivity index (χ1n) is 6.02. The van der Waals surface area contributed by atoms with Crippen molar-refractivity contribution >= 4 is 15.7 Å². The number of benzene rings is 1. The van der Waals surface area contributed by atoms with Crippen molar-refractivity contribution in [1.29, 1.82) is 0 Å². The average Bonchev–Trinajstić information content (AvgIpc) is 2.40. The summed E-state index contributed by atoms with van der Waals surface area (Å²) in [6.07, 6.45) is 0.141. The molecule has 5 N–H and O–H groups in total. The normalized spacial score (nSPS) is 12.7. The summed E-state index contributed by atoms with van der Waals surface area (Å²) in [6, 6.07) is 2.04. The molecule has 0 radical (unpaired) electrons. The van der Waals surface area contributed by atoms with E-state index >= 15 is 0 Å². The Morgan fingerprint density at radius 3 is 2.35 bits per heavy atom. The van der Waals surface area contributed by atoms with Crippen LogP contribution in [0.1, 0.15) is 18.9 Å². The molecule has 0 unspecified atom stereocenters. The van der Waals surface area contributed by atoms with Gasteiger partial charge in [0.25, 0.3) is 0 Å². The molecule has 0 bridgehead atoms. The first-order valence-corrected chi connectivity index (χ1v) is 7.51. The van der Waals surface area contributed by atoms with Crippen molar-refractivity contribution < 1.29 is 23.0 Å². The van der Waals surface area contributed by atoms with Gasteiger partial charge in [0.15, 0.2) is 0 Å². The SMILES string of the molecule is CCC(CO)(CO)NS(=O)(=O)c1cc(N)c(C)cc1F. The van der Waals surface area contributed by atoms with Crippen molar-refractivity contribution in [2.24, 2.45) is 0 Å². The predicted octanol–water partition coefficient (Wildman–Crippen LogP) is 0.128. The van der Waals surface area contributed by atoms with Crippen molar-refractivity contribution in [1.82, 2.24) is 4.72 Å². The number of halogens is 1. The number of sulfonamides is 1. The van der Waals surface area contributed by atoms with Crippen LogP contribution in [0.25, 0.3) is 0 Å². The van der Waals surface area contributed by atoms with Gasteiger partial charge in [0.1, 0.15) is 10.7 Å². The van der Waals surface area contributed by atoms with Gasteiger partial charge in [-0.15, -0.1) is 0 Å². The number of hydrogen-bond acceptors (Lipinski definition) is 5. The zero-order valence-corrected chi connectivity index (χ0v) is 12.2. The van der Waals surface area contributed by atoms with E-state index in [9.17, 15) is 23.0 Å². The van der Waals surface area contributed by atoms with E-state index < -0.39 is 39.5 Å². The number of nitrogens with one attached hydrogen (secondary N) is 1. The Kier molecular flexibility index (Phi) is 5.09. The second-order valence-electron chi connectivity index (χ2n) is 4.69. The van der Waals surface area contributed by atoms with Crippen molar-refractivity contribution in [3.8, 4) is 0 Å². The molecule has 0 aliphatic carbocycles. The van der Waals surface area contributed by atoms with E-state index in [1.807, 2.05) is 0 Å². The lowest BCUT2D eigenvalue weighted by molar-refractivity contribution is 0.105. The predicted molar refractivity (Wildman–Crippen MR) is 73.1 cm³/mol. The molecule has 0 aliphatic rings. The van der Waals surface area contributed by atoms with Gasteiger partial charge in [0, 0.05) is 5.69 Å². The number of nitrogens with two attached hydrogens (primary N) is 1. The Balaban J connectivity index is 3.28. The quantitative estimate of drug-likeness (QED) is 0.558. The summed E-state index contributed by atoms with van der Waals surface area (Å²) in [4.78, 5) is -0.611. The fourth-order valence-electron chi connectivity index (χ4n) is 1.62. The molecule has 0 aromatic heterocycles. The Hall–Kier alpha value is -1.22. The molecule has 6 nitrogen and oxygen atoms in total. The van der Waals surface area contributed by atoms with Gasteiger partial charge in [-0.1, -0.05) is 6.92 Å². The number of aliphatic hydroxyl groups excluding tert-OH is 2. The van der Waals surface area contributed by atoms with Crippen LogP contribution in [-0.4, -0.2) is 37.4 Å². The Labute approximate surface area is 117 Å². The summed E-state index contributed by atoms with van der Waals surface area (Å²) in [5, 5.41) is 18.5. The summed E-state index contributed by atoms with van der Waals surface area (Å²) in [7, 11) is -4.25. The maximum absolute atomic E-state index is 13.8. The van der Waals surface area contributed by atoms with Crippen LogP contribution < -0.4 is 10.5 Å². The highest BCUT2D eigenvalue weighted by Gasteiger charge is 2.34. The van der Waals surface area contributed by atoms with Crippen LogP contribution in [0.15, 0.2) is 17.0 Å².